The van der Waals surface area contributed by atoms with Crippen LogP contribution in [-0.4, -0.2) is 45.8 Å². The lowest BCUT2D eigenvalue weighted by atomic mass is 10.2. The fraction of sp³-hybridized carbons (Fsp3) is 0.538. The Kier molecular flexibility index (Phi) is 6.32. The second-order valence-corrected chi connectivity index (χ2v) is 4.20. The van der Waals surface area contributed by atoms with Crippen LogP contribution in [0, 0.1) is 0 Å². The summed E-state index contributed by atoms with van der Waals surface area (Å²) in [4.78, 5) is 16.9. The molecule has 0 fully saturated rings. The zero-order valence-corrected chi connectivity index (χ0v) is 10.7. The Balaban J connectivity index is 2.59. The minimum atomic E-state index is -0.966. The van der Waals surface area contributed by atoms with Crippen LogP contribution >= 0.6 is 0 Å². The van der Waals surface area contributed by atoms with Crippen molar-refractivity contribution in [2.75, 3.05) is 19.7 Å². The summed E-state index contributed by atoms with van der Waals surface area (Å²) in [6.07, 6.45) is 3.55. The van der Waals surface area contributed by atoms with E-state index in [0.717, 1.165) is 25.1 Å². The molecule has 1 rings (SSSR count). The summed E-state index contributed by atoms with van der Waals surface area (Å²) >= 11 is 0. The zero-order valence-electron chi connectivity index (χ0n) is 10.7. The van der Waals surface area contributed by atoms with Crippen LogP contribution in [0.2, 0.25) is 0 Å². The van der Waals surface area contributed by atoms with Gasteiger partial charge in [-0.1, -0.05) is 13.3 Å². The van der Waals surface area contributed by atoms with Crippen molar-refractivity contribution in [3.05, 3.63) is 29.6 Å². The molecule has 0 bridgehead atoms. The number of carboxylic acids is 1. The smallest absolute Gasteiger partial charge is 0.337 e. The first-order valence-electron chi connectivity index (χ1n) is 6.18. The minimum absolute atomic E-state index is 0.122. The summed E-state index contributed by atoms with van der Waals surface area (Å²) in [7, 11) is 0. The van der Waals surface area contributed by atoms with Gasteiger partial charge in [-0.25, -0.2) is 4.79 Å². The van der Waals surface area contributed by atoms with Gasteiger partial charge in [0.2, 0.25) is 0 Å². The predicted octanol–water partition coefficient (Wildman–Crippen LogP) is 1.37. The highest BCUT2D eigenvalue weighted by molar-refractivity contribution is 5.87. The van der Waals surface area contributed by atoms with Crippen molar-refractivity contribution in [2.24, 2.45) is 0 Å². The molecule has 1 aromatic rings. The fourth-order valence-corrected chi connectivity index (χ4v) is 1.67. The average molecular weight is 252 g/mol. The first-order chi connectivity index (χ1) is 8.67. The molecular formula is C13H20N2O3. The van der Waals surface area contributed by atoms with Gasteiger partial charge in [0, 0.05) is 19.3 Å². The molecule has 100 valence electrons. The van der Waals surface area contributed by atoms with Crippen LogP contribution < -0.4 is 0 Å². The molecular weight excluding hydrogens is 232 g/mol. The molecule has 0 saturated heterocycles. The standard InChI is InChI=1S/C13H20N2O3/c1-2-3-6-15(7-8-16)10-12-5-4-11(9-14-12)13(17)18/h4-5,9,16H,2-3,6-8,10H2,1H3,(H,17,18). The lowest BCUT2D eigenvalue weighted by Gasteiger charge is -2.20. The van der Waals surface area contributed by atoms with E-state index in [1.54, 1.807) is 12.1 Å². The Morgan fingerprint density at radius 3 is 2.67 bits per heavy atom. The number of aromatic carboxylic acids is 1. The van der Waals surface area contributed by atoms with E-state index in [4.69, 9.17) is 10.2 Å². The lowest BCUT2D eigenvalue weighted by Crippen LogP contribution is -2.28. The maximum Gasteiger partial charge on any atom is 0.337 e. The van der Waals surface area contributed by atoms with Crippen LogP contribution in [0.3, 0.4) is 0 Å². The molecule has 5 nitrogen and oxygen atoms in total. The Morgan fingerprint density at radius 1 is 1.39 bits per heavy atom. The Bertz CT molecular complexity index is 365. The molecule has 1 aromatic heterocycles. The van der Waals surface area contributed by atoms with Crippen molar-refractivity contribution in [3.63, 3.8) is 0 Å². The molecule has 2 N–H and O–H groups in total. The second kappa shape index (κ2) is 7.79. The van der Waals surface area contributed by atoms with Gasteiger partial charge in [0.25, 0.3) is 0 Å². The van der Waals surface area contributed by atoms with Crippen LogP contribution in [-0.2, 0) is 6.54 Å². The molecule has 0 spiro atoms. The number of aromatic nitrogens is 1. The summed E-state index contributed by atoms with van der Waals surface area (Å²) in [5, 5.41) is 17.8. The third-order valence-corrected chi connectivity index (χ3v) is 2.70. The predicted molar refractivity (Wildman–Crippen MR) is 68.5 cm³/mol. The van der Waals surface area contributed by atoms with E-state index in [0.29, 0.717) is 13.1 Å². The molecule has 0 amide bonds. The van der Waals surface area contributed by atoms with Gasteiger partial charge in [-0.2, -0.15) is 0 Å². The lowest BCUT2D eigenvalue weighted by molar-refractivity contribution is 0.0696. The number of unbranched alkanes of at least 4 members (excludes halogenated alkanes) is 1. The van der Waals surface area contributed by atoms with Crippen LogP contribution in [0.1, 0.15) is 35.8 Å². The maximum absolute atomic E-state index is 10.7. The summed E-state index contributed by atoms with van der Waals surface area (Å²) in [6, 6.07) is 3.28. The molecule has 0 unspecified atom stereocenters. The van der Waals surface area contributed by atoms with Gasteiger partial charge >= 0.3 is 5.97 Å². The Morgan fingerprint density at radius 2 is 2.17 bits per heavy atom. The van der Waals surface area contributed by atoms with Crippen LogP contribution in [0.25, 0.3) is 0 Å². The molecule has 0 aliphatic carbocycles. The number of nitrogens with zero attached hydrogens (tertiary/aromatic N) is 2. The van der Waals surface area contributed by atoms with Crippen molar-refractivity contribution in [1.82, 2.24) is 9.88 Å². The summed E-state index contributed by atoms with van der Waals surface area (Å²) < 4.78 is 0. The average Bonchev–Trinajstić information content (AvgIpc) is 2.37. The van der Waals surface area contributed by atoms with E-state index >= 15 is 0 Å². The molecule has 1 heterocycles. The van der Waals surface area contributed by atoms with Crippen molar-refractivity contribution in [2.45, 2.75) is 26.3 Å². The van der Waals surface area contributed by atoms with E-state index in [1.165, 1.54) is 6.20 Å². The van der Waals surface area contributed by atoms with Crippen LogP contribution in [0.4, 0.5) is 0 Å². The van der Waals surface area contributed by atoms with Crippen LogP contribution in [0.15, 0.2) is 18.3 Å². The highest BCUT2D eigenvalue weighted by atomic mass is 16.4. The normalized spacial score (nSPS) is 10.8. The third-order valence-electron chi connectivity index (χ3n) is 2.70. The summed E-state index contributed by atoms with van der Waals surface area (Å²) in [5.74, 6) is -0.966. The molecule has 18 heavy (non-hydrogen) atoms. The number of pyridine rings is 1. The summed E-state index contributed by atoms with van der Waals surface area (Å²) in [6.45, 7) is 4.41. The maximum atomic E-state index is 10.7. The summed E-state index contributed by atoms with van der Waals surface area (Å²) in [5.41, 5.74) is 1.02. The largest absolute Gasteiger partial charge is 0.478 e. The van der Waals surface area contributed by atoms with E-state index in [1.807, 2.05) is 0 Å². The molecule has 0 atom stereocenters. The van der Waals surface area contributed by atoms with E-state index in [2.05, 4.69) is 16.8 Å². The second-order valence-electron chi connectivity index (χ2n) is 4.20. The number of aliphatic hydroxyl groups excluding tert-OH is 1. The van der Waals surface area contributed by atoms with E-state index < -0.39 is 5.97 Å². The molecule has 5 heteroatoms. The topological polar surface area (TPSA) is 73.7 Å². The monoisotopic (exact) mass is 252 g/mol. The third kappa shape index (κ3) is 4.81. The van der Waals surface area contributed by atoms with Crippen molar-refractivity contribution < 1.29 is 15.0 Å². The number of hydrogen-bond acceptors (Lipinski definition) is 4. The number of carboxylic acid groups (broad SMARTS) is 1. The Labute approximate surface area is 107 Å². The zero-order chi connectivity index (χ0) is 13.4. The van der Waals surface area contributed by atoms with Gasteiger partial charge < -0.3 is 10.2 Å². The van der Waals surface area contributed by atoms with Gasteiger partial charge in [0.05, 0.1) is 17.9 Å². The molecule has 0 aliphatic heterocycles. The quantitative estimate of drug-likeness (QED) is 0.731. The molecule has 0 aliphatic rings. The van der Waals surface area contributed by atoms with E-state index in [9.17, 15) is 4.79 Å². The van der Waals surface area contributed by atoms with Crippen LogP contribution in [0.5, 0.6) is 0 Å². The van der Waals surface area contributed by atoms with Gasteiger partial charge in [0.1, 0.15) is 0 Å². The SMILES string of the molecule is CCCCN(CCO)Cc1ccc(C(=O)O)cn1. The molecule has 0 saturated carbocycles. The molecule has 0 aromatic carbocycles. The van der Waals surface area contributed by atoms with Crippen molar-refractivity contribution >= 4 is 5.97 Å². The van der Waals surface area contributed by atoms with Crippen molar-refractivity contribution in [1.29, 1.82) is 0 Å². The fourth-order valence-electron chi connectivity index (χ4n) is 1.67. The van der Waals surface area contributed by atoms with Gasteiger partial charge in [-0.3, -0.25) is 9.88 Å². The highest BCUT2D eigenvalue weighted by Gasteiger charge is 2.07. The number of carbonyl (C=O) groups is 1. The Hall–Kier alpha value is -1.46. The number of aliphatic hydroxyl groups is 1. The first kappa shape index (κ1) is 14.6. The minimum Gasteiger partial charge on any atom is -0.478 e. The van der Waals surface area contributed by atoms with Gasteiger partial charge in [-0.15, -0.1) is 0 Å². The number of hydrogen-bond donors (Lipinski definition) is 2. The number of rotatable bonds is 8. The van der Waals surface area contributed by atoms with Gasteiger partial charge in [0.15, 0.2) is 0 Å². The van der Waals surface area contributed by atoms with Gasteiger partial charge in [-0.05, 0) is 25.1 Å². The van der Waals surface area contributed by atoms with E-state index in [-0.39, 0.29) is 12.2 Å². The molecule has 0 radical (unpaired) electrons. The first-order valence-corrected chi connectivity index (χ1v) is 6.18. The highest BCUT2D eigenvalue weighted by Crippen LogP contribution is 2.05. The van der Waals surface area contributed by atoms with Crippen molar-refractivity contribution in [3.8, 4) is 0 Å².